The van der Waals surface area contributed by atoms with Gasteiger partial charge < -0.3 is 19.5 Å². The third kappa shape index (κ3) is 3.25. The molecule has 0 radical (unpaired) electrons. The van der Waals surface area contributed by atoms with E-state index in [0.29, 0.717) is 43.0 Å². The largest absolute Gasteiger partial charge is 0.381 e. The summed E-state index contributed by atoms with van der Waals surface area (Å²) >= 11 is 0. The van der Waals surface area contributed by atoms with E-state index < -0.39 is 0 Å². The molecular formula is C19H27N3O3. The third-order valence-corrected chi connectivity index (χ3v) is 5.97. The van der Waals surface area contributed by atoms with Gasteiger partial charge in [-0.05, 0) is 50.4 Å². The van der Waals surface area contributed by atoms with Crippen molar-refractivity contribution in [1.82, 2.24) is 14.8 Å². The molecule has 3 saturated heterocycles. The van der Waals surface area contributed by atoms with Crippen LogP contribution in [0.15, 0.2) is 17.1 Å². The van der Waals surface area contributed by atoms with E-state index in [9.17, 15) is 9.59 Å². The van der Waals surface area contributed by atoms with Crippen molar-refractivity contribution in [3.63, 3.8) is 0 Å². The number of fused-ring (bicyclic) bond motifs is 1. The maximum Gasteiger partial charge on any atom is 0.263 e. The van der Waals surface area contributed by atoms with E-state index >= 15 is 0 Å². The number of carbonyl (C=O) groups is 1. The fraction of sp³-hybridized carbons (Fsp3) is 0.684. The number of likely N-dealkylation sites (tertiary alicyclic amines) is 1. The second-order valence-corrected chi connectivity index (χ2v) is 7.81. The minimum Gasteiger partial charge on any atom is -0.381 e. The molecular weight excluding hydrogens is 318 g/mol. The van der Waals surface area contributed by atoms with E-state index in [1.165, 1.54) is 0 Å². The number of rotatable bonds is 3. The number of aromatic nitrogens is 1. The molecule has 6 heteroatoms. The molecule has 0 aliphatic carbocycles. The summed E-state index contributed by atoms with van der Waals surface area (Å²) in [6.45, 7) is 7.45. The van der Waals surface area contributed by atoms with E-state index in [1.807, 2.05) is 24.1 Å². The average Bonchev–Trinajstić information content (AvgIpc) is 3.20. The monoisotopic (exact) mass is 345 g/mol. The highest BCUT2D eigenvalue weighted by Crippen LogP contribution is 2.30. The fourth-order valence-electron chi connectivity index (χ4n) is 4.44. The molecule has 1 amide bonds. The number of hydrogen-bond acceptors (Lipinski definition) is 4. The predicted octanol–water partition coefficient (Wildman–Crippen LogP) is 0.875. The van der Waals surface area contributed by atoms with Gasteiger partial charge in [0.2, 0.25) is 0 Å². The van der Waals surface area contributed by atoms with Crippen LogP contribution in [0.1, 0.15) is 28.8 Å². The highest BCUT2D eigenvalue weighted by molar-refractivity contribution is 5.95. The Morgan fingerprint density at radius 2 is 2.08 bits per heavy atom. The zero-order chi connectivity index (χ0) is 17.4. The number of aryl methyl sites for hydroxylation is 1. The molecule has 3 fully saturated rings. The summed E-state index contributed by atoms with van der Waals surface area (Å²) in [4.78, 5) is 27.9. The Hall–Kier alpha value is -1.66. The molecule has 1 N–H and O–H groups in total. The number of nitrogens with one attached hydrogen (secondary N) is 1. The molecule has 4 heterocycles. The number of pyridine rings is 1. The van der Waals surface area contributed by atoms with Crippen molar-refractivity contribution in [2.24, 2.45) is 17.8 Å². The van der Waals surface area contributed by atoms with Gasteiger partial charge in [0.15, 0.2) is 0 Å². The lowest BCUT2D eigenvalue weighted by atomic mass is 9.99. The summed E-state index contributed by atoms with van der Waals surface area (Å²) in [6.07, 6.45) is 4.12. The first kappa shape index (κ1) is 16.8. The highest BCUT2D eigenvalue weighted by atomic mass is 16.5. The van der Waals surface area contributed by atoms with Crippen molar-refractivity contribution >= 4 is 5.91 Å². The van der Waals surface area contributed by atoms with Gasteiger partial charge in [0.25, 0.3) is 11.5 Å². The quantitative estimate of drug-likeness (QED) is 0.883. The van der Waals surface area contributed by atoms with Crippen molar-refractivity contribution in [3.8, 4) is 0 Å². The van der Waals surface area contributed by atoms with Crippen molar-refractivity contribution in [1.29, 1.82) is 0 Å². The molecule has 1 aromatic rings. The Morgan fingerprint density at radius 1 is 1.32 bits per heavy atom. The minimum atomic E-state index is -0.135. The number of ether oxygens (including phenoxy) is 1. The van der Waals surface area contributed by atoms with Crippen LogP contribution >= 0.6 is 0 Å². The van der Waals surface area contributed by atoms with Crippen LogP contribution in [-0.2, 0) is 11.3 Å². The smallest absolute Gasteiger partial charge is 0.263 e. The van der Waals surface area contributed by atoms with Crippen LogP contribution in [0.4, 0.5) is 0 Å². The van der Waals surface area contributed by atoms with Crippen LogP contribution < -0.4 is 10.9 Å². The molecule has 1 unspecified atom stereocenters. The Morgan fingerprint density at radius 3 is 2.76 bits per heavy atom. The van der Waals surface area contributed by atoms with Gasteiger partial charge in [0.1, 0.15) is 5.56 Å². The first-order chi connectivity index (χ1) is 12.1. The number of nitrogens with zero attached hydrogens (tertiary/aromatic N) is 2. The zero-order valence-corrected chi connectivity index (χ0v) is 14.9. The van der Waals surface area contributed by atoms with Crippen molar-refractivity contribution in [2.75, 3.05) is 39.4 Å². The van der Waals surface area contributed by atoms with Gasteiger partial charge >= 0.3 is 0 Å². The van der Waals surface area contributed by atoms with Crippen LogP contribution in [0.25, 0.3) is 0 Å². The molecule has 0 aromatic carbocycles. The lowest BCUT2D eigenvalue weighted by molar-refractivity contribution is 0.0748. The number of carbonyl (C=O) groups excluding carboxylic acids is 1. The molecule has 4 rings (SSSR count). The molecule has 0 saturated carbocycles. The van der Waals surface area contributed by atoms with E-state index in [-0.39, 0.29) is 11.5 Å². The van der Waals surface area contributed by atoms with Crippen molar-refractivity contribution in [3.05, 3.63) is 33.7 Å². The van der Waals surface area contributed by atoms with Crippen LogP contribution in [0.3, 0.4) is 0 Å². The summed E-state index contributed by atoms with van der Waals surface area (Å²) in [7, 11) is 0. The zero-order valence-electron chi connectivity index (χ0n) is 14.9. The fourth-order valence-corrected chi connectivity index (χ4v) is 4.44. The molecule has 3 aliphatic rings. The standard InChI is InChI=1S/C19H27N3O3/c1-13-4-6-21(8-14-3-2-5-20-7-14)18(23)17(13)19(24)22-9-15-11-25-12-16(15)10-22/h4,6,14-16,20H,2-3,5,7-12H2,1H3/t14?,15-,16+. The van der Waals surface area contributed by atoms with E-state index in [0.717, 1.165) is 44.7 Å². The topological polar surface area (TPSA) is 63.6 Å². The lowest BCUT2D eigenvalue weighted by Crippen LogP contribution is -2.39. The first-order valence-electron chi connectivity index (χ1n) is 9.41. The maximum absolute atomic E-state index is 13.0. The summed E-state index contributed by atoms with van der Waals surface area (Å²) in [6, 6.07) is 1.91. The Labute approximate surface area is 148 Å². The van der Waals surface area contributed by atoms with Gasteiger partial charge in [-0.25, -0.2) is 0 Å². The van der Waals surface area contributed by atoms with E-state index in [1.54, 1.807) is 4.57 Å². The van der Waals surface area contributed by atoms with Gasteiger partial charge in [-0.1, -0.05) is 0 Å². The van der Waals surface area contributed by atoms with Crippen LogP contribution in [0.5, 0.6) is 0 Å². The van der Waals surface area contributed by atoms with Crippen LogP contribution in [-0.4, -0.2) is 54.8 Å². The maximum atomic E-state index is 13.0. The van der Waals surface area contributed by atoms with Crippen LogP contribution in [0.2, 0.25) is 0 Å². The van der Waals surface area contributed by atoms with Crippen molar-refractivity contribution in [2.45, 2.75) is 26.3 Å². The van der Waals surface area contributed by atoms with Gasteiger partial charge in [-0.15, -0.1) is 0 Å². The second kappa shape index (κ2) is 6.92. The van der Waals surface area contributed by atoms with E-state index in [2.05, 4.69) is 5.32 Å². The molecule has 3 aliphatic heterocycles. The first-order valence-corrected chi connectivity index (χ1v) is 9.41. The molecule has 1 aromatic heterocycles. The van der Waals surface area contributed by atoms with E-state index in [4.69, 9.17) is 4.74 Å². The molecule has 0 spiro atoms. The second-order valence-electron chi connectivity index (χ2n) is 7.81. The summed E-state index contributed by atoms with van der Waals surface area (Å²) in [5.74, 6) is 1.22. The lowest BCUT2D eigenvalue weighted by Gasteiger charge is -2.24. The van der Waals surface area contributed by atoms with Crippen molar-refractivity contribution < 1.29 is 9.53 Å². The molecule has 6 nitrogen and oxygen atoms in total. The summed E-state index contributed by atoms with van der Waals surface area (Å²) in [5, 5.41) is 3.39. The predicted molar refractivity (Wildman–Crippen MR) is 94.7 cm³/mol. The molecule has 25 heavy (non-hydrogen) atoms. The van der Waals surface area contributed by atoms with Gasteiger partial charge in [0, 0.05) is 37.7 Å². The van der Waals surface area contributed by atoms with Gasteiger partial charge in [-0.2, -0.15) is 0 Å². The minimum absolute atomic E-state index is 0.104. The van der Waals surface area contributed by atoms with Gasteiger partial charge in [-0.3, -0.25) is 9.59 Å². The number of hydrogen-bond donors (Lipinski definition) is 1. The molecule has 3 atom stereocenters. The normalized spacial score (nSPS) is 29.0. The average molecular weight is 345 g/mol. The molecule has 136 valence electrons. The summed E-state index contributed by atoms with van der Waals surface area (Å²) in [5.41, 5.74) is 0.998. The number of amides is 1. The highest BCUT2D eigenvalue weighted by Gasteiger charge is 2.40. The number of piperidine rings is 1. The van der Waals surface area contributed by atoms with Gasteiger partial charge in [0.05, 0.1) is 13.2 Å². The Balaban J connectivity index is 1.55. The Bertz CT molecular complexity index is 696. The SMILES string of the molecule is Cc1ccn(CC2CCCNC2)c(=O)c1C(=O)N1C[C@H]2COC[C@H]2C1. The van der Waals surface area contributed by atoms with Crippen LogP contribution in [0, 0.1) is 24.7 Å². The third-order valence-electron chi connectivity index (χ3n) is 5.97. The summed E-state index contributed by atoms with van der Waals surface area (Å²) < 4.78 is 7.22. The molecule has 0 bridgehead atoms. The Kier molecular flexibility index (Phi) is 4.65.